The molecule has 1 aliphatic carbocycles. The molecule has 0 bridgehead atoms. The van der Waals surface area contributed by atoms with Crippen LogP contribution in [0.4, 0.5) is 0 Å². The van der Waals surface area contributed by atoms with Crippen molar-refractivity contribution in [2.24, 2.45) is 0 Å². The lowest BCUT2D eigenvalue weighted by Crippen LogP contribution is -2.24. The monoisotopic (exact) mass is 283 g/mol. The predicted octanol–water partition coefficient (Wildman–Crippen LogP) is 2.55. The van der Waals surface area contributed by atoms with E-state index in [-0.39, 0.29) is 11.5 Å². The van der Waals surface area contributed by atoms with Gasteiger partial charge in [-0.25, -0.2) is 9.78 Å². The maximum atomic E-state index is 11.7. The SMILES string of the molecule is COC(=O)c1nc(C2(OC)CCCC2)sc1C(C)=O. The number of hydrogen-bond acceptors (Lipinski definition) is 6. The van der Waals surface area contributed by atoms with E-state index in [0.29, 0.717) is 9.88 Å². The third-order valence-corrected chi connectivity index (χ3v) is 4.86. The summed E-state index contributed by atoms with van der Waals surface area (Å²) in [5.41, 5.74) is -0.334. The molecule has 0 radical (unpaired) electrons. The summed E-state index contributed by atoms with van der Waals surface area (Å²) in [5.74, 6) is -0.745. The van der Waals surface area contributed by atoms with Gasteiger partial charge in [0.1, 0.15) is 15.5 Å². The van der Waals surface area contributed by atoms with Gasteiger partial charge in [-0.2, -0.15) is 0 Å². The van der Waals surface area contributed by atoms with Crippen molar-refractivity contribution in [1.29, 1.82) is 0 Å². The van der Waals surface area contributed by atoms with Crippen molar-refractivity contribution in [2.75, 3.05) is 14.2 Å². The Morgan fingerprint density at radius 2 is 1.89 bits per heavy atom. The number of methoxy groups -OCH3 is 2. The van der Waals surface area contributed by atoms with Gasteiger partial charge < -0.3 is 9.47 Å². The molecule has 0 N–H and O–H groups in total. The van der Waals surface area contributed by atoms with Crippen molar-refractivity contribution >= 4 is 23.1 Å². The van der Waals surface area contributed by atoms with Crippen LogP contribution >= 0.6 is 11.3 Å². The predicted molar refractivity (Wildman–Crippen MR) is 70.6 cm³/mol. The minimum Gasteiger partial charge on any atom is -0.464 e. The van der Waals surface area contributed by atoms with Crippen molar-refractivity contribution < 1.29 is 19.1 Å². The van der Waals surface area contributed by atoms with Crippen molar-refractivity contribution in [3.8, 4) is 0 Å². The molecule has 1 heterocycles. The van der Waals surface area contributed by atoms with E-state index in [1.54, 1.807) is 7.11 Å². The number of thiazole rings is 1. The molecule has 5 nitrogen and oxygen atoms in total. The summed E-state index contributed by atoms with van der Waals surface area (Å²) in [4.78, 5) is 28.0. The third kappa shape index (κ3) is 2.42. The first kappa shape index (κ1) is 14.1. The Morgan fingerprint density at radius 1 is 1.26 bits per heavy atom. The van der Waals surface area contributed by atoms with Crippen LogP contribution in [-0.4, -0.2) is 31.0 Å². The highest BCUT2D eigenvalue weighted by Crippen LogP contribution is 2.43. The molecule has 1 aromatic rings. The summed E-state index contributed by atoms with van der Waals surface area (Å²) < 4.78 is 10.3. The molecule has 1 aliphatic rings. The molecule has 19 heavy (non-hydrogen) atoms. The van der Waals surface area contributed by atoms with E-state index in [0.717, 1.165) is 25.7 Å². The second kappa shape index (κ2) is 5.38. The van der Waals surface area contributed by atoms with E-state index in [1.165, 1.54) is 25.4 Å². The van der Waals surface area contributed by atoms with E-state index in [2.05, 4.69) is 9.72 Å². The normalized spacial score (nSPS) is 17.4. The largest absolute Gasteiger partial charge is 0.464 e. The van der Waals surface area contributed by atoms with Gasteiger partial charge in [0.05, 0.1) is 7.11 Å². The molecule has 0 unspecified atom stereocenters. The summed E-state index contributed by atoms with van der Waals surface area (Å²) in [6.07, 6.45) is 3.87. The van der Waals surface area contributed by atoms with Crippen LogP contribution < -0.4 is 0 Å². The molecule has 104 valence electrons. The Labute approximate surface area is 115 Å². The topological polar surface area (TPSA) is 65.5 Å². The molecule has 2 rings (SSSR count). The fourth-order valence-electron chi connectivity index (χ4n) is 2.44. The van der Waals surface area contributed by atoms with Crippen LogP contribution in [0.2, 0.25) is 0 Å². The van der Waals surface area contributed by atoms with Gasteiger partial charge in [-0.3, -0.25) is 4.79 Å². The number of carbonyl (C=O) groups excluding carboxylic acids is 2. The number of aromatic nitrogens is 1. The average molecular weight is 283 g/mol. The first-order valence-electron chi connectivity index (χ1n) is 6.20. The Kier molecular flexibility index (Phi) is 4.01. The Balaban J connectivity index is 2.48. The van der Waals surface area contributed by atoms with E-state index in [9.17, 15) is 9.59 Å². The molecule has 0 aromatic carbocycles. The molecule has 0 aliphatic heterocycles. The summed E-state index contributed by atoms with van der Waals surface area (Å²) >= 11 is 1.25. The second-order valence-electron chi connectivity index (χ2n) is 4.65. The molecule has 1 aromatic heterocycles. The minimum absolute atomic E-state index is 0.110. The summed E-state index contributed by atoms with van der Waals surface area (Å²) in [7, 11) is 2.94. The van der Waals surface area contributed by atoms with Crippen molar-refractivity contribution in [2.45, 2.75) is 38.2 Å². The standard InChI is InChI=1S/C13H17NO4S/c1-8(15)10-9(11(16)17-2)14-12(19-10)13(18-3)6-4-5-7-13/h4-7H2,1-3H3. The van der Waals surface area contributed by atoms with Gasteiger partial charge in [0.2, 0.25) is 0 Å². The lowest BCUT2D eigenvalue weighted by atomic mass is 10.0. The maximum absolute atomic E-state index is 11.7. The third-order valence-electron chi connectivity index (χ3n) is 3.52. The Bertz CT molecular complexity index is 503. The van der Waals surface area contributed by atoms with E-state index in [4.69, 9.17) is 4.74 Å². The molecule has 0 amide bonds. The first-order chi connectivity index (χ1) is 9.04. The highest BCUT2D eigenvalue weighted by atomic mass is 32.1. The molecule has 6 heteroatoms. The fraction of sp³-hybridized carbons (Fsp3) is 0.615. The van der Waals surface area contributed by atoms with Crippen LogP contribution in [0.1, 0.15) is 57.8 Å². The zero-order valence-corrected chi connectivity index (χ0v) is 12.1. The van der Waals surface area contributed by atoms with E-state index in [1.807, 2.05) is 0 Å². The van der Waals surface area contributed by atoms with Gasteiger partial charge in [0, 0.05) is 14.0 Å². The van der Waals surface area contributed by atoms with Gasteiger partial charge in [-0.15, -0.1) is 11.3 Å². The quantitative estimate of drug-likeness (QED) is 0.627. The van der Waals surface area contributed by atoms with Crippen LogP contribution in [0, 0.1) is 0 Å². The molecular formula is C13H17NO4S. The lowest BCUT2D eigenvalue weighted by molar-refractivity contribution is -0.00899. The lowest BCUT2D eigenvalue weighted by Gasteiger charge is -2.24. The van der Waals surface area contributed by atoms with Crippen LogP contribution in [0.25, 0.3) is 0 Å². The fourth-order valence-corrected chi connectivity index (χ4v) is 3.61. The molecule has 0 atom stereocenters. The van der Waals surface area contributed by atoms with E-state index < -0.39 is 11.6 Å². The van der Waals surface area contributed by atoms with Gasteiger partial charge in [0.15, 0.2) is 11.5 Å². The Morgan fingerprint density at radius 3 is 2.37 bits per heavy atom. The number of carbonyl (C=O) groups is 2. The number of nitrogens with zero attached hydrogens (tertiary/aromatic N) is 1. The van der Waals surface area contributed by atoms with Crippen molar-refractivity contribution in [1.82, 2.24) is 4.98 Å². The summed E-state index contributed by atoms with van der Waals surface area (Å²) in [6.45, 7) is 1.43. The maximum Gasteiger partial charge on any atom is 0.358 e. The van der Waals surface area contributed by atoms with Crippen LogP contribution in [0.5, 0.6) is 0 Å². The van der Waals surface area contributed by atoms with Crippen LogP contribution in [-0.2, 0) is 15.1 Å². The van der Waals surface area contributed by atoms with Crippen LogP contribution in [0.15, 0.2) is 0 Å². The van der Waals surface area contributed by atoms with Gasteiger partial charge in [-0.1, -0.05) is 12.8 Å². The molecule has 1 fully saturated rings. The van der Waals surface area contributed by atoms with Crippen molar-refractivity contribution in [3.63, 3.8) is 0 Å². The molecule has 0 saturated heterocycles. The molecule has 0 spiro atoms. The number of ether oxygens (including phenoxy) is 2. The number of esters is 1. The smallest absolute Gasteiger partial charge is 0.358 e. The highest BCUT2D eigenvalue weighted by Gasteiger charge is 2.40. The molecular weight excluding hydrogens is 266 g/mol. The van der Waals surface area contributed by atoms with E-state index >= 15 is 0 Å². The number of ketones is 1. The second-order valence-corrected chi connectivity index (χ2v) is 5.65. The zero-order valence-electron chi connectivity index (χ0n) is 11.3. The van der Waals surface area contributed by atoms with Crippen LogP contribution in [0.3, 0.4) is 0 Å². The average Bonchev–Trinajstić information content (AvgIpc) is 3.04. The number of rotatable bonds is 4. The van der Waals surface area contributed by atoms with Gasteiger partial charge in [0.25, 0.3) is 0 Å². The zero-order chi connectivity index (χ0) is 14.0. The Hall–Kier alpha value is -1.27. The number of Topliss-reactive ketones (excluding diaryl/α,β-unsaturated/α-hetero) is 1. The highest BCUT2D eigenvalue weighted by molar-refractivity contribution is 7.14. The molecule has 1 saturated carbocycles. The van der Waals surface area contributed by atoms with Crippen molar-refractivity contribution in [3.05, 3.63) is 15.6 Å². The minimum atomic E-state index is -0.572. The van der Waals surface area contributed by atoms with Gasteiger partial charge in [-0.05, 0) is 12.8 Å². The summed E-state index contributed by atoms with van der Waals surface area (Å²) in [6, 6.07) is 0. The number of hydrogen-bond donors (Lipinski definition) is 0. The summed E-state index contributed by atoms with van der Waals surface area (Å²) in [5, 5.41) is 0.707. The first-order valence-corrected chi connectivity index (χ1v) is 7.01. The van der Waals surface area contributed by atoms with Gasteiger partial charge >= 0.3 is 5.97 Å².